The van der Waals surface area contributed by atoms with E-state index in [9.17, 15) is 4.79 Å². The van der Waals surface area contributed by atoms with Crippen molar-refractivity contribution in [3.05, 3.63) is 65.0 Å². The Balaban J connectivity index is 1.42. The summed E-state index contributed by atoms with van der Waals surface area (Å²) in [5.41, 5.74) is 1.90. The number of aromatic nitrogens is 2. The Morgan fingerprint density at radius 1 is 1.12 bits per heavy atom. The summed E-state index contributed by atoms with van der Waals surface area (Å²) in [5, 5.41) is 3.92. The highest BCUT2D eigenvalue weighted by Crippen LogP contribution is 2.23. The van der Waals surface area contributed by atoms with Gasteiger partial charge in [0.15, 0.2) is 0 Å². The summed E-state index contributed by atoms with van der Waals surface area (Å²) < 4.78 is 0. The van der Waals surface area contributed by atoms with E-state index in [1.165, 1.54) is 5.69 Å². The summed E-state index contributed by atoms with van der Waals surface area (Å²) in [5.74, 6) is 1.10. The predicted octanol–water partition coefficient (Wildman–Crippen LogP) is 2.86. The Hall–Kier alpha value is -2.82. The van der Waals surface area contributed by atoms with Crippen LogP contribution in [0.25, 0.3) is 10.9 Å². The Morgan fingerprint density at radius 3 is 2.79 bits per heavy atom. The van der Waals surface area contributed by atoms with Crippen molar-refractivity contribution in [2.24, 2.45) is 5.92 Å². The standard InChI is InChI=1S/C19H20N4O/c24-18-16-8-4-5-9-17(16)21-19(22-18)20-12-14-10-11-23(13-14)15-6-2-1-3-7-15/h1-9,14H,10-13H2,(H2,20,21,22,24). The van der Waals surface area contributed by atoms with E-state index in [0.717, 1.165) is 31.6 Å². The van der Waals surface area contributed by atoms with Crippen molar-refractivity contribution in [3.63, 3.8) is 0 Å². The van der Waals surface area contributed by atoms with E-state index >= 15 is 0 Å². The first-order valence-corrected chi connectivity index (χ1v) is 8.32. The van der Waals surface area contributed by atoms with Gasteiger partial charge >= 0.3 is 0 Å². The second-order valence-electron chi connectivity index (χ2n) is 6.25. The summed E-state index contributed by atoms with van der Waals surface area (Å²) in [4.78, 5) is 21.8. The van der Waals surface area contributed by atoms with Gasteiger partial charge in [0.05, 0.1) is 10.9 Å². The van der Waals surface area contributed by atoms with E-state index in [1.807, 2.05) is 24.3 Å². The third kappa shape index (κ3) is 2.97. The summed E-state index contributed by atoms with van der Waals surface area (Å²) in [6, 6.07) is 17.9. The molecule has 0 radical (unpaired) electrons. The Morgan fingerprint density at radius 2 is 1.92 bits per heavy atom. The molecule has 1 fully saturated rings. The third-order valence-electron chi connectivity index (χ3n) is 4.58. The minimum absolute atomic E-state index is 0.0968. The van der Waals surface area contributed by atoms with Crippen molar-refractivity contribution >= 4 is 22.5 Å². The maximum absolute atomic E-state index is 12.1. The largest absolute Gasteiger partial charge is 0.371 e. The smallest absolute Gasteiger partial charge is 0.260 e. The lowest BCUT2D eigenvalue weighted by molar-refractivity contribution is 0.620. The maximum atomic E-state index is 12.1. The van der Waals surface area contributed by atoms with Gasteiger partial charge in [-0.25, -0.2) is 4.98 Å². The van der Waals surface area contributed by atoms with Gasteiger partial charge < -0.3 is 10.2 Å². The van der Waals surface area contributed by atoms with E-state index < -0.39 is 0 Å². The first-order chi connectivity index (χ1) is 11.8. The molecule has 0 spiro atoms. The number of hydrogen-bond donors (Lipinski definition) is 2. The number of aromatic amines is 1. The highest BCUT2D eigenvalue weighted by molar-refractivity contribution is 5.78. The van der Waals surface area contributed by atoms with Crippen LogP contribution in [0.15, 0.2) is 59.4 Å². The van der Waals surface area contributed by atoms with E-state index in [2.05, 4.69) is 44.5 Å². The molecule has 24 heavy (non-hydrogen) atoms. The number of benzene rings is 2. The van der Waals surface area contributed by atoms with E-state index in [0.29, 0.717) is 17.3 Å². The van der Waals surface area contributed by atoms with Crippen LogP contribution in [-0.2, 0) is 0 Å². The molecular weight excluding hydrogens is 300 g/mol. The number of nitrogens with one attached hydrogen (secondary N) is 2. The molecule has 2 N–H and O–H groups in total. The van der Waals surface area contributed by atoms with E-state index in [-0.39, 0.29) is 5.56 Å². The Kier molecular flexibility index (Phi) is 3.91. The van der Waals surface area contributed by atoms with Crippen LogP contribution in [0.5, 0.6) is 0 Å². The fourth-order valence-corrected chi connectivity index (χ4v) is 3.28. The van der Waals surface area contributed by atoms with Gasteiger partial charge in [0.25, 0.3) is 5.56 Å². The molecule has 0 aliphatic carbocycles. The van der Waals surface area contributed by atoms with Crippen LogP contribution in [-0.4, -0.2) is 29.6 Å². The molecule has 0 bridgehead atoms. The summed E-state index contributed by atoms with van der Waals surface area (Å²) >= 11 is 0. The lowest BCUT2D eigenvalue weighted by Crippen LogP contribution is -2.23. The predicted molar refractivity (Wildman–Crippen MR) is 97.6 cm³/mol. The summed E-state index contributed by atoms with van der Waals surface area (Å²) in [6.45, 7) is 2.90. The summed E-state index contributed by atoms with van der Waals surface area (Å²) in [7, 11) is 0. The quantitative estimate of drug-likeness (QED) is 0.776. The van der Waals surface area contributed by atoms with Crippen LogP contribution in [0, 0.1) is 5.92 Å². The molecule has 0 amide bonds. The van der Waals surface area contributed by atoms with Crippen LogP contribution in [0.2, 0.25) is 0 Å². The van der Waals surface area contributed by atoms with Gasteiger partial charge in [0, 0.05) is 25.3 Å². The van der Waals surface area contributed by atoms with Crippen molar-refractivity contribution in [1.82, 2.24) is 9.97 Å². The average molecular weight is 320 g/mol. The second kappa shape index (κ2) is 6.35. The van der Waals surface area contributed by atoms with Crippen molar-refractivity contribution < 1.29 is 0 Å². The lowest BCUT2D eigenvalue weighted by atomic mass is 10.1. The Labute approximate surface area is 140 Å². The molecule has 1 aliphatic rings. The molecule has 5 nitrogen and oxygen atoms in total. The van der Waals surface area contributed by atoms with Gasteiger partial charge in [-0.2, -0.15) is 0 Å². The molecule has 0 saturated carbocycles. The number of rotatable bonds is 4. The average Bonchev–Trinajstić information content (AvgIpc) is 3.10. The monoisotopic (exact) mass is 320 g/mol. The minimum Gasteiger partial charge on any atom is -0.371 e. The minimum atomic E-state index is -0.0968. The molecule has 1 atom stereocenters. The number of hydrogen-bond acceptors (Lipinski definition) is 4. The van der Waals surface area contributed by atoms with E-state index in [1.54, 1.807) is 6.07 Å². The SMILES string of the molecule is O=c1[nH]c(NCC2CCN(c3ccccc3)C2)nc2ccccc12. The number of H-pyrrole nitrogens is 1. The molecule has 1 saturated heterocycles. The molecule has 1 aliphatic heterocycles. The second-order valence-corrected chi connectivity index (χ2v) is 6.25. The van der Waals surface area contributed by atoms with Gasteiger partial charge in [-0.1, -0.05) is 30.3 Å². The molecule has 3 aromatic rings. The van der Waals surface area contributed by atoms with Crippen molar-refractivity contribution in [3.8, 4) is 0 Å². The topological polar surface area (TPSA) is 61.0 Å². The van der Waals surface area contributed by atoms with Crippen molar-refractivity contribution in [1.29, 1.82) is 0 Å². The molecule has 1 unspecified atom stereocenters. The molecule has 2 heterocycles. The molecule has 122 valence electrons. The number of fused-ring (bicyclic) bond motifs is 1. The highest BCUT2D eigenvalue weighted by Gasteiger charge is 2.22. The number of nitrogens with zero attached hydrogens (tertiary/aromatic N) is 2. The molecule has 5 heteroatoms. The lowest BCUT2D eigenvalue weighted by Gasteiger charge is -2.18. The molecule has 1 aromatic heterocycles. The van der Waals surface area contributed by atoms with E-state index in [4.69, 9.17) is 0 Å². The zero-order valence-electron chi connectivity index (χ0n) is 13.4. The van der Waals surface area contributed by atoms with Crippen LogP contribution < -0.4 is 15.8 Å². The fraction of sp³-hybridized carbons (Fsp3) is 0.263. The maximum Gasteiger partial charge on any atom is 0.260 e. The summed E-state index contributed by atoms with van der Waals surface area (Å²) in [6.07, 6.45) is 1.14. The van der Waals surface area contributed by atoms with Crippen LogP contribution in [0.1, 0.15) is 6.42 Å². The first-order valence-electron chi connectivity index (χ1n) is 8.32. The zero-order chi connectivity index (χ0) is 16.4. The van der Waals surface area contributed by atoms with Gasteiger partial charge in [0.2, 0.25) is 5.95 Å². The molecule has 2 aromatic carbocycles. The third-order valence-corrected chi connectivity index (χ3v) is 4.58. The van der Waals surface area contributed by atoms with Gasteiger partial charge in [-0.15, -0.1) is 0 Å². The zero-order valence-corrected chi connectivity index (χ0v) is 13.4. The van der Waals surface area contributed by atoms with Crippen molar-refractivity contribution in [2.75, 3.05) is 29.9 Å². The van der Waals surface area contributed by atoms with Gasteiger partial charge in [-0.3, -0.25) is 9.78 Å². The first kappa shape index (κ1) is 14.8. The molecule has 4 rings (SSSR count). The number of anilines is 2. The van der Waals surface area contributed by atoms with Crippen molar-refractivity contribution in [2.45, 2.75) is 6.42 Å². The van der Waals surface area contributed by atoms with Gasteiger partial charge in [0.1, 0.15) is 0 Å². The normalized spacial score (nSPS) is 17.3. The van der Waals surface area contributed by atoms with Gasteiger partial charge in [-0.05, 0) is 36.6 Å². The van der Waals surface area contributed by atoms with Crippen LogP contribution in [0.3, 0.4) is 0 Å². The molecular formula is C19H20N4O. The van der Waals surface area contributed by atoms with Crippen LogP contribution >= 0.6 is 0 Å². The number of para-hydroxylation sites is 2. The highest BCUT2D eigenvalue weighted by atomic mass is 16.1. The van der Waals surface area contributed by atoms with Crippen LogP contribution in [0.4, 0.5) is 11.6 Å². The fourth-order valence-electron chi connectivity index (χ4n) is 3.28. The Bertz CT molecular complexity index is 891.